The second kappa shape index (κ2) is 8.02. The summed E-state index contributed by atoms with van der Waals surface area (Å²) in [6, 6.07) is 13.1. The van der Waals surface area contributed by atoms with E-state index in [4.69, 9.17) is 21.4 Å². The Bertz CT molecular complexity index is 848. The van der Waals surface area contributed by atoms with Crippen LogP contribution < -0.4 is 5.32 Å². The minimum absolute atomic E-state index is 0.112. The van der Waals surface area contributed by atoms with Crippen LogP contribution in [0.25, 0.3) is 0 Å². The quantitative estimate of drug-likeness (QED) is 0.800. The third-order valence-electron chi connectivity index (χ3n) is 5.17. The molecule has 8 heteroatoms. The fraction of sp³-hybridized carbons (Fsp3) is 0.350. The number of furan rings is 1. The number of nitrogens with one attached hydrogen (secondary N) is 1. The van der Waals surface area contributed by atoms with E-state index in [9.17, 15) is 9.59 Å². The number of piperidine rings is 1. The van der Waals surface area contributed by atoms with Gasteiger partial charge in [0.15, 0.2) is 10.9 Å². The fourth-order valence-electron chi connectivity index (χ4n) is 3.65. The van der Waals surface area contributed by atoms with Gasteiger partial charge in [0.1, 0.15) is 6.10 Å². The number of cyclic esters (lactones) is 1. The van der Waals surface area contributed by atoms with Crippen LogP contribution in [0.4, 0.5) is 4.79 Å². The van der Waals surface area contributed by atoms with Gasteiger partial charge in [-0.2, -0.15) is 0 Å². The molecule has 2 aromatic rings. The molecule has 1 atom stereocenters. The first-order valence-electron chi connectivity index (χ1n) is 9.28. The molecule has 1 unspecified atom stereocenters. The van der Waals surface area contributed by atoms with Crippen LogP contribution in [0.1, 0.15) is 35.1 Å². The van der Waals surface area contributed by atoms with Gasteiger partial charge >= 0.3 is 6.09 Å². The van der Waals surface area contributed by atoms with E-state index >= 15 is 0 Å². The maximum Gasteiger partial charge on any atom is 0.410 e. The first kappa shape index (κ1) is 18.5. The van der Waals surface area contributed by atoms with E-state index in [1.807, 2.05) is 40.1 Å². The molecule has 2 saturated heterocycles. The molecule has 1 aromatic carbocycles. The van der Waals surface area contributed by atoms with E-state index in [0.29, 0.717) is 24.7 Å². The lowest BCUT2D eigenvalue weighted by atomic mass is 10.0. The lowest BCUT2D eigenvalue weighted by Crippen LogP contribution is -2.50. The molecule has 2 amide bonds. The summed E-state index contributed by atoms with van der Waals surface area (Å²) in [5.41, 5.74) is 1.01. The fourth-order valence-corrected chi connectivity index (χ4v) is 3.92. The summed E-state index contributed by atoms with van der Waals surface area (Å²) >= 11 is 5.35. The van der Waals surface area contributed by atoms with E-state index < -0.39 is 0 Å². The largest absolute Gasteiger partial charge is 0.459 e. The number of nitrogens with zero attached hydrogens (tertiary/aromatic N) is 2. The average molecular weight is 399 g/mol. The van der Waals surface area contributed by atoms with Crippen LogP contribution >= 0.6 is 12.2 Å². The highest BCUT2D eigenvalue weighted by Crippen LogP contribution is 2.30. The maximum atomic E-state index is 12.3. The Balaban J connectivity index is 1.30. The van der Waals surface area contributed by atoms with Gasteiger partial charge in [-0.1, -0.05) is 30.3 Å². The number of benzene rings is 1. The normalized spacial score (nSPS) is 20.1. The maximum absolute atomic E-state index is 12.3. The van der Waals surface area contributed by atoms with Crippen LogP contribution in [0, 0.1) is 0 Å². The van der Waals surface area contributed by atoms with Crippen LogP contribution in [0.15, 0.2) is 53.1 Å². The molecule has 7 nitrogen and oxygen atoms in total. The molecule has 3 heterocycles. The van der Waals surface area contributed by atoms with Gasteiger partial charge in [-0.25, -0.2) is 4.79 Å². The van der Waals surface area contributed by atoms with E-state index in [1.165, 1.54) is 6.26 Å². The van der Waals surface area contributed by atoms with Crippen molar-refractivity contribution in [3.63, 3.8) is 0 Å². The van der Waals surface area contributed by atoms with Gasteiger partial charge in [0.25, 0.3) is 5.91 Å². The van der Waals surface area contributed by atoms with Gasteiger partial charge < -0.3 is 19.0 Å². The molecule has 2 aliphatic rings. The van der Waals surface area contributed by atoms with E-state index in [-0.39, 0.29) is 29.9 Å². The van der Waals surface area contributed by atoms with E-state index in [2.05, 4.69) is 5.32 Å². The Hall–Kier alpha value is -2.87. The second-order valence-electron chi connectivity index (χ2n) is 6.89. The monoisotopic (exact) mass is 399 g/mol. The number of ether oxygens (including phenoxy) is 1. The van der Waals surface area contributed by atoms with Crippen molar-refractivity contribution in [2.75, 3.05) is 19.6 Å². The number of rotatable bonds is 3. The molecule has 2 fully saturated rings. The zero-order valence-corrected chi connectivity index (χ0v) is 16.1. The lowest BCUT2D eigenvalue weighted by molar-refractivity contribution is 0.0943. The molecule has 2 aliphatic heterocycles. The molecule has 0 spiro atoms. The number of amides is 2. The van der Waals surface area contributed by atoms with Crippen molar-refractivity contribution in [1.82, 2.24) is 15.1 Å². The van der Waals surface area contributed by atoms with Crippen molar-refractivity contribution in [2.45, 2.75) is 25.0 Å². The lowest BCUT2D eigenvalue weighted by Gasteiger charge is -2.36. The Kier molecular flexibility index (Phi) is 5.29. The van der Waals surface area contributed by atoms with Crippen molar-refractivity contribution >= 4 is 29.3 Å². The minimum Gasteiger partial charge on any atom is -0.459 e. The van der Waals surface area contributed by atoms with Crippen molar-refractivity contribution < 1.29 is 18.7 Å². The minimum atomic E-state index is -0.356. The molecular weight excluding hydrogens is 378 g/mol. The van der Waals surface area contributed by atoms with Crippen molar-refractivity contribution in [1.29, 1.82) is 0 Å². The van der Waals surface area contributed by atoms with Crippen molar-refractivity contribution in [2.24, 2.45) is 0 Å². The third-order valence-corrected chi connectivity index (χ3v) is 5.53. The molecule has 0 aliphatic carbocycles. The van der Waals surface area contributed by atoms with Gasteiger partial charge in [-0.05, 0) is 42.8 Å². The molecule has 1 aromatic heterocycles. The molecule has 0 bridgehead atoms. The molecule has 0 radical (unpaired) electrons. The topological polar surface area (TPSA) is 75.0 Å². The van der Waals surface area contributed by atoms with Crippen molar-refractivity contribution in [3.05, 3.63) is 60.1 Å². The Labute approximate surface area is 168 Å². The number of hydrogen-bond acceptors (Lipinski definition) is 5. The smallest absolute Gasteiger partial charge is 0.410 e. The van der Waals surface area contributed by atoms with Gasteiger partial charge in [0.2, 0.25) is 0 Å². The number of likely N-dealkylation sites (tertiary alicyclic amines) is 1. The van der Waals surface area contributed by atoms with Crippen LogP contribution in [-0.2, 0) is 4.74 Å². The number of hydrogen-bond donors (Lipinski definition) is 1. The van der Waals surface area contributed by atoms with E-state index in [1.54, 1.807) is 12.1 Å². The van der Waals surface area contributed by atoms with Gasteiger partial charge in [0.05, 0.1) is 12.8 Å². The zero-order valence-electron chi connectivity index (χ0n) is 15.2. The Morgan fingerprint density at radius 2 is 1.86 bits per heavy atom. The Morgan fingerprint density at radius 1 is 1.11 bits per heavy atom. The number of thiocarbonyl (C=S) groups is 1. The standard InChI is InChI=1S/C20H21N3O4S/c24-18(16-7-4-12-26-16)21-19(28)22-10-8-15(9-11-22)23-13-17(27-20(23)25)14-5-2-1-3-6-14/h1-7,12,15,17H,8-11,13H2,(H,21,24,28). The molecule has 146 valence electrons. The summed E-state index contributed by atoms with van der Waals surface area (Å²) < 4.78 is 10.6. The highest BCUT2D eigenvalue weighted by molar-refractivity contribution is 7.80. The van der Waals surface area contributed by atoms with Crippen LogP contribution in [0.3, 0.4) is 0 Å². The molecule has 28 heavy (non-hydrogen) atoms. The first-order valence-corrected chi connectivity index (χ1v) is 9.68. The summed E-state index contributed by atoms with van der Waals surface area (Å²) in [5, 5.41) is 3.07. The molecule has 1 N–H and O–H groups in total. The highest BCUT2D eigenvalue weighted by Gasteiger charge is 2.38. The van der Waals surface area contributed by atoms with Crippen LogP contribution in [0.2, 0.25) is 0 Å². The SMILES string of the molecule is O=C(NC(=S)N1CCC(N2CC(c3ccccc3)OC2=O)CC1)c1ccco1. The first-order chi connectivity index (χ1) is 13.6. The van der Waals surface area contributed by atoms with Crippen LogP contribution in [-0.4, -0.2) is 52.6 Å². The van der Waals surface area contributed by atoms with Gasteiger partial charge in [-0.15, -0.1) is 0 Å². The Morgan fingerprint density at radius 3 is 2.54 bits per heavy atom. The second-order valence-corrected chi connectivity index (χ2v) is 7.28. The summed E-state index contributed by atoms with van der Waals surface area (Å²) in [6.45, 7) is 1.90. The van der Waals surface area contributed by atoms with Gasteiger partial charge in [-0.3, -0.25) is 10.1 Å². The number of carbonyl (C=O) groups excluding carboxylic acids is 2. The average Bonchev–Trinajstić information content (AvgIpc) is 3.39. The summed E-state index contributed by atoms with van der Waals surface area (Å²) in [5.74, 6) is -0.130. The van der Waals surface area contributed by atoms with E-state index in [0.717, 1.165) is 18.4 Å². The zero-order chi connectivity index (χ0) is 19.5. The van der Waals surface area contributed by atoms with Crippen molar-refractivity contribution in [3.8, 4) is 0 Å². The van der Waals surface area contributed by atoms with Gasteiger partial charge in [0, 0.05) is 19.1 Å². The molecular formula is C20H21N3O4S. The molecule has 0 saturated carbocycles. The summed E-state index contributed by atoms with van der Waals surface area (Å²) in [4.78, 5) is 28.2. The number of carbonyl (C=O) groups is 2. The van der Waals surface area contributed by atoms with Crippen LogP contribution in [0.5, 0.6) is 0 Å². The predicted octanol–water partition coefficient (Wildman–Crippen LogP) is 2.95. The summed E-state index contributed by atoms with van der Waals surface area (Å²) in [7, 11) is 0. The molecule has 4 rings (SSSR count). The predicted molar refractivity (Wildman–Crippen MR) is 106 cm³/mol. The highest BCUT2D eigenvalue weighted by atomic mass is 32.1. The third kappa shape index (κ3) is 3.87. The summed E-state index contributed by atoms with van der Waals surface area (Å²) in [6.07, 6.45) is 2.50.